The van der Waals surface area contributed by atoms with Crippen molar-refractivity contribution in [1.29, 1.82) is 0 Å². The molecule has 4 nitrogen and oxygen atoms in total. The maximum absolute atomic E-state index is 13.7. The Morgan fingerprint density at radius 3 is 2.96 bits per heavy atom. The smallest absolute Gasteiger partial charge is 0.220 e. The lowest BCUT2D eigenvalue weighted by Gasteiger charge is -2.24. The first kappa shape index (κ1) is 17.0. The van der Waals surface area contributed by atoms with Crippen molar-refractivity contribution in [3.63, 3.8) is 0 Å². The van der Waals surface area contributed by atoms with Gasteiger partial charge in [-0.15, -0.1) is 0 Å². The number of nitrogens with one attached hydrogen (secondary N) is 3. The first-order chi connectivity index (χ1) is 13.7. The molecule has 2 aromatic heterocycles. The standard InChI is InChI=1S/C23H22FN3O/c24-15-9-10-20-18(12-15)17-5-3-7-21(23(17)27-20)26-22(28)11-8-14-13-25-19-6-2-1-4-16(14)19/h1-2,4,6,9-10,12-13,21,25,27H,3,5,7-8,11H2,(H,26,28)/t21-/m0/s1. The fraction of sp³-hybridized carbons (Fsp3) is 0.261. The second kappa shape index (κ2) is 6.82. The van der Waals surface area contributed by atoms with E-state index < -0.39 is 0 Å². The fourth-order valence-electron chi connectivity index (χ4n) is 4.43. The molecule has 0 fully saturated rings. The molecule has 3 N–H and O–H groups in total. The van der Waals surface area contributed by atoms with E-state index in [1.165, 1.54) is 11.5 Å². The predicted molar refractivity (Wildman–Crippen MR) is 109 cm³/mol. The topological polar surface area (TPSA) is 60.7 Å². The summed E-state index contributed by atoms with van der Waals surface area (Å²) in [6, 6.07) is 12.9. The van der Waals surface area contributed by atoms with Gasteiger partial charge in [-0.05, 0) is 61.1 Å². The fourth-order valence-corrected chi connectivity index (χ4v) is 4.43. The summed E-state index contributed by atoms with van der Waals surface area (Å²) in [5.74, 6) is -0.174. The van der Waals surface area contributed by atoms with E-state index in [-0.39, 0.29) is 17.8 Å². The molecule has 0 spiro atoms. The molecule has 1 aliphatic rings. The Morgan fingerprint density at radius 1 is 1.14 bits per heavy atom. The summed E-state index contributed by atoms with van der Waals surface area (Å²) in [6.45, 7) is 0. The molecule has 5 rings (SSSR count). The minimum Gasteiger partial charge on any atom is -0.361 e. The number of H-pyrrole nitrogens is 2. The van der Waals surface area contributed by atoms with Crippen LogP contribution in [0.4, 0.5) is 4.39 Å². The van der Waals surface area contributed by atoms with Crippen molar-refractivity contribution in [2.45, 2.75) is 38.1 Å². The van der Waals surface area contributed by atoms with Crippen LogP contribution in [0.3, 0.4) is 0 Å². The van der Waals surface area contributed by atoms with Gasteiger partial charge in [-0.1, -0.05) is 18.2 Å². The number of amides is 1. The van der Waals surface area contributed by atoms with Crippen molar-refractivity contribution in [2.75, 3.05) is 0 Å². The molecule has 2 aromatic carbocycles. The molecular formula is C23H22FN3O. The van der Waals surface area contributed by atoms with Crippen LogP contribution in [-0.2, 0) is 17.6 Å². The second-order valence-electron chi connectivity index (χ2n) is 7.58. The highest BCUT2D eigenvalue weighted by Crippen LogP contribution is 2.35. The lowest BCUT2D eigenvalue weighted by molar-refractivity contribution is -0.121. The van der Waals surface area contributed by atoms with Gasteiger partial charge in [-0.25, -0.2) is 4.39 Å². The average molecular weight is 375 g/mol. The Morgan fingerprint density at radius 2 is 2.04 bits per heavy atom. The predicted octanol–water partition coefficient (Wildman–Crippen LogP) is 4.91. The Bertz CT molecular complexity index is 1170. The number of para-hydroxylation sites is 1. The Labute approximate surface area is 162 Å². The number of aromatic amines is 2. The van der Waals surface area contributed by atoms with E-state index in [0.717, 1.165) is 52.5 Å². The molecule has 0 aliphatic heterocycles. The van der Waals surface area contributed by atoms with Gasteiger partial charge in [0.1, 0.15) is 5.82 Å². The van der Waals surface area contributed by atoms with Gasteiger partial charge in [0.15, 0.2) is 0 Å². The second-order valence-corrected chi connectivity index (χ2v) is 7.58. The van der Waals surface area contributed by atoms with Crippen LogP contribution in [0.5, 0.6) is 0 Å². The molecule has 0 bridgehead atoms. The highest BCUT2D eigenvalue weighted by atomic mass is 19.1. The third kappa shape index (κ3) is 2.97. The first-order valence-corrected chi connectivity index (χ1v) is 9.83. The van der Waals surface area contributed by atoms with Gasteiger partial charge in [0.25, 0.3) is 0 Å². The van der Waals surface area contributed by atoms with Crippen molar-refractivity contribution in [2.24, 2.45) is 0 Å². The lowest BCUT2D eigenvalue weighted by atomic mass is 9.91. The molecule has 2 heterocycles. The van der Waals surface area contributed by atoms with Crippen LogP contribution >= 0.6 is 0 Å². The minimum atomic E-state index is -0.223. The third-order valence-electron chi connectivity index (χ3n) is 5.80. The van der Waals surface area contributed by atoms with Crippen LogP contribution < -0.4 is 5.32 Å². The number of aryl methyl sites for hydroxylation is 2. The van der Waals surface area contributed by atoms with Crippen molar-refractivity contribution >= 4 is 27.7 Å². The Kier molecular flexibility index (Phi) is 4.15. The van der Waals surface area contributed by atoms with Crippen LogP contribution in [0.2, 0.25) is 0 Å². The zero-order chi connectivity index (χ0) is 19.1. The highest BCUT2D eigenvalue weighted by Gasteiger charge is 2.25. The number of benzene rings is 2. The van der Waals surface area contributed by atoms with E-state index in [9.17, 15) is 9.18 Å². The number of rotatable bonds is 4. The Balaban J connectivity index is 1.31. The van der Waals surface area contributed by atoms with Crippen LogP contribution in [0.1, 0.15) is 42.1 Å². The molecule has 0 unspecified atom stereocenters. The maximum Gasteiger partial charge on any atom is 0.220 e. The summed E-state index contributed by atoms with van der Waals surface area (Å²) in [7, 11) is 0. The molecule has 5 heteroatoms. The van der Waals surface area contributed by atoms with Crippen LogP contribution in [0, 0.1) is 5.82 Å². The molecule has 0 saturated heterocycles. The summed E-state index contributed by atoms with van der Waals surface area (Å²) in [5.41, 5.74) is 5.37. The Hall–Kier alpha value is -3.08. The summed E-state index contributed by atoms with van der Waals surface area (Å²) in [4.78, 5) is 19.3. The van der Waals surface area contributed by atoms with Gasteiger partial charge in [-0.3, -0.25) is 4.79 Å². The number of carbonyl (C=O) groups is 1. The quantitative estimate of drug-likeness (QED) is 0.466. The summed E-state index contributed by atoms with van der Waals surface area (Å²) in [6.07, 6.45) is 5.95. The van der Waals surface area contributed by atoms with Gasteiger partial charge in [-0.2, -0.15) is 0 Å². The maximum atomic E-state index is 13.7. The minimum absolute atomic E-state index is 0.0327. The summed E-state index contributed by atoms with van der Waals surface area (Å²) < 4.78 is 13.7. The van der Waals surface area contributed by atoms with Crippen molar-refractivity contribution in [3.8, 4) is 0 Å². The monoisotopic (exact) mass is 375 g/mol. The first-order valence-electron chi connectivity index (χ1n) is 9.83. The summed E-state index contributed by atoms with van der Waals surface area (Å²) in [5, 5.41) is 5.30. The van der Waals surface area contributed by atoms with Crippen LogP contribution in [-0.4, -0.2) is 15.9 Å². The van der Waals surface area contributed by atoms with Gasteiger partial charge in [0, 0.05) is 40.1 Å². The number of fused-ring (bicyclic) bond motifs is 4. The van der Waals surface area contributed by atoms with Crippen molar-refractivity contribution < 1.29 is 9.18 Å². The molecule has 28 heavy (non-hydrogen) atoms. The van der Waals surface area contributed by atoms with E-state index in [1.807, 2.05) is 24.4 Å². The van der Waals surface area contributed by atoms with E-state index in [4.69, 9.17) is 0 Å². The number of halogens is 1. The van der Waals surface area contributed by atoms with Gasteiger partial charge >= 0.3 is 0 Å². The molecule has 1 aliphatic carbocycles. The van der Waals surface area contributed by atoms with E-state index in [2.05, 4.69) is 21.4 Å². The molecule has 4 aromatic rings. The van der Waals surface area contributed by atoms with Crippen molar-refractivity contribution in [3.05, 3.63) is 71.3 Å². The summed E-state index contributed by atoms with van der Waals surface area (Å²) >= 11 is 0. The zero-order valence-electron chi connectivity index (χ0n) is 15.5. The van der Waals surface area contributed by atoms with Crippen molar-refractivity contribution in [1.82, 2.24) is 15.3 Å². The molecule has 1 amide bonds. The lowest BCUT2D eigenvalue weighted by Crippen LogP contribution is -2.31. The van der Waals surface area contributed by atoms with Crippen LogP contribution in [0.15, 0.2) is 48.7 Å². The van der Waals surface area contributed by atoms with Gasteiger partial charge in [0.2, 0.25) is 5.91 Å². The van der Waals surface area contributed by atoms with Gasteiger partial charge in [0.05, 0.1) is 6.04 Å². The largest absolute Gasteiger partial charge is 0.361 e. The highest BCUT2D eigenvalue weighted by molar-refractivity contribution is 5.86. The molecule has 142 valence electrons. The average Bonchev–Trinajstić information content (AvgIpc) is 3.28. The number of hydrogen-bond donors (Lipinski definition) is 3. The van der Waals surface area contributed by atoms with E-state index >= 15 is 0 Å². The van der Waals surface area contributed by atoms with Gasteiger partial charge < -0.3 is 15.3 Å². The van der Waals surface area contributed by atoms with Crippen LogP contribution in [0.25, 0.3) is 21.8 Å². The SMILES string of the molecule is O=C(CCc1c[nH]c2ccccc12)N[C@H]1CCCc2c1[nH]c1ccc(F)cc21. The normalized spacial score (nSPS) is 16.4. The number of carbonyl (C=O) groups excluding carboxylic acids is 1. The third-order valence-corrected chi connectivity index (χ3v) is 5.80. The molecule has 1 atom stereocenters. The molecule has 0 radical (unpaired) electrons. The number of hydrogen-bond acceptors (Lipinski definition) is 1. The molecule has 0 saturated carbocycles. The van der Waals surface area contributed by atoms with E-state index in [0.29, 0.717) is 12.8 Å². The number of aromatic nitrogens is 2. The molecular weight excluding hydrogens is 353 g/mol. The van der Waals surface area contributed by atoms with E-state index in [1.54, 1.807) is 12.1 Å². The zero-order valence-corrected chi connectivity index (χ0v) is 15.5.